The lowest BCUT2D eigenvalue weighted by molar-refractivity contribution is -0.000314. The number of fused-ring (bicyclic) bond motifs is 1. The molecule has 0 aliphatic heterocycles. The summed E-state index contributed by atoms with van der Waals surface area (Å²) in [5, 5.41) is 9.96. The smallest absolute Gasteiger partial charge is 0.332 e. The molecular formula is C13H20N4O4. The Morgan fingerprint density at radius 3 is 2.57 bits per heavy atom. The fourth-order valence-electron chi connectivity index (χ4n) is 2.12. The Balaban J connectivity index is 2.39. The van der Waals surface area contributed by atoms with Crippen LogP contribution in [0, 0.1) is 0 Å². The molecule has 0 aliphatic rings. The normalized spacial score (nSPS) is 13.2. The molecule has 0 aromatic carbocycles. The van der Waals surface area contributed by atoms with E-state index in [-0.39, 0.29) is 19.3 Å². The van der Waals surface area contributed by atoms with Crippen molar-refractivity contribution < 1.29 is 9.84 Å². The molecule has 8 nitrogen and oxygen atoms in total. The van der Waals surface area contributed by atoms with Gasteiger partial charge in [0.2, 0.25) is 0 Å². The number of rotatable bonds is 5. The van der Waals surface area contributed by atoms with Crippen LogP contribution in [0.25, 0.3) is 11.2 Å². The molecule has 2 heterocycles. The summed E-state index contributed by atoms with van der Waals surface area (Å²) in [5.41, 5.74) is -0.257. The molecule has 0 saturated carbocycles. The SMILES string of the molecule is CC(C)OCC(O)Cn1cnc2c1c(=O)n(C)c(=O)n2C. The first-order chi connectivity index (χ1) is 9.82. The van der Waals surface area contributed by atoms with Crippen LogP contribution in [0.1, 0.15) is 13.8 Å². The molecule has 2 rings (SSSR count). The molecule has 0 amide bonds. The molecule has 1 unspecified atom stereocenters. The second-order valence-electron chi connectivity index (χ2n) is 5.31. The second-order valence-corrected chi connectivity index (χ2v) is 5.31. The summed E-state index contributed by atoms with van der Waals surface area (Å²) >= 11 is 0. The predicted molar refractivity (Wildman–Crippen MR) is 77.3 cm³/mol. The number of hydrogen-bond acceptors (Lipinski definition) is 5. The summed E-state index contributed by atoms with van der Waals surface area (Å²) in [7, 11) is 2.97. The molecule has 2 aromatic heterocycles. The molecule has 116 valence electrons. The third-order valence-corrected chi connectivity index (χ3v) is 3.25. The van der Waals surface area contributed by atoms with Gasteiger partial charge in [0, 0.05) is 14.1 Å². The van der Waals surface area contributed by atoms with Crippen molar-refractivity contribution in [3.05, 3.63) is 27.2 Å². The van der Waals surface area contributed by atoms with E-state index in [0.717, 1.165) is 4.57 Å². The van der Waals surface area contributed by atoms with E-state index >= 15 is 0 Å². The summed E-state index contributed by atoms with van der Waals surface area (Å²) in [6.45, 7) is 4.11. The van der Waals surface area contributed by atoms with Gasteiger partial charge >= 0.3 is 5.69 Å². The maximum absolute atomic E-state index is 12.2. The highest BCUT2D eigenvalue weighted by molar-refractivity contribution is 5.69. The molecule has 8 heteroatoms. The number of nitrogens with zero attached hydrogens (tertiary/aromatic N) is 4. The molecule has 2 aromatic rings. The highest BCUT2D eigenvalue weighted by Gasteiger charge is 2.16. The van der Waals surface area contributed by atoms with Gasteiger partial charge in [-0.15, -0.1) is 0 Å². The maximum atomic E-state index is 12.2. The van der Waals surface area contributed by atoms with Crippen molar-refractivity contribution in [2.45, 2.75) is 32.6 Å². The number of imidazole rings is 1. The zero-order valence-electron chi connectivity index (χ0n) is 12.6. The Kier molecular flexibility index (Phi) is 4.29. The highest BCUT2D eigenvalue weighted by Crippen LogP contribution is 2.07. The van der Waals surface area contributed by atoms with Gasteiger partial charge in [0.05, 0.1) is 31.7 Å². The first-order valence-electron chi connectivity index (χ1n) is 6.73. The monoisotopic (exact) mass is 296 g/mol. The fraction of sp³-hybridized carbons (Fsp3) is 0.615. The van der Waals surface area contributed by atoms with Crippen molar-refractivity contribution in [3.63, 3.8) is 0 Å². The first-order valence-corrected chi connectivity index (χ1v) is 6.73. The maximum Gasteiger partial charge on any atom is 0.332 e. The second kappa shape index (κ2) is 5.82. The molecule has 0 spiro atoms. The van der Waals surface area contributed by atoms with Gasteiger partial charge in [0.15, 0.2) is 11.2 Å². The minimum Gasteiger partial charge on any atom is -0.389 e. The minimum atomic E-state index is -0.758. The van der Waals surface area contributed by atoms with Gasteiger partial charge in [0.1, 0.15) is 0 Å². The molecule has 0 fully saturated rings. The Labute approximate surface area is 121 Å². The van der Waals surface area contributed by atoms with Gasteiger partial charge in [-0.1, -0.05) is 0 Å². The average molecular weight is 296 g/mol. The van der Waals surface area contributed by atoms with Gasteiger partial charge < -0.3 is 14.4 Å². The van der Waals surface area contributed by atoms with E-state index in [0.29, 0.717) is 11.2 Å². The summed E-state index contributed by atoms with van der Waals surface area (Å²) in [6, 6.07) is 0. The van der Waals surface area contributed by atoms with Crippen molar-refractivity contribution in [1.82, 2.24) is 18.7 Å². The molecule has 21 heavy (non-hydrogen) atoms. The topological polar surface area (TPSA) is 91.3 Å². The zero-order chi connectivity index (χ0) is 15.7. The van der Waals surface area contributed by atoms with Crippen LogP contribution in [0.4, 0.5) is 0 Å². The molecule has 0 radical (unpaired) electrons. The fourth-order valence-corrected chi connectivity index (χ4v) is 2.12. The van der Waals surface area contributed by atoms with Crippen LogP contribution in [0.3, 0.4) is 0 Å². The number of ether oxygens (including phenoxy) is 1. The van der Waals surface area contributed by atoms with Crippen molar-refractivity contribution in [1.29, 1.82) is 0 Å². The summed E-state index contributed by atoms with van der Waals surface area (Å²) < 4.78 is 9.22. The quantitative estimate of drug-likeness (QED) is 0.781. The molecule has 0 saturated heterocycles. The van der Waals surface area contributed by atoms with E-state index in [2.05, 4.69) is 4.98 Å². The minimum absolute atomic E-state index is 0.0212. The van der Waals surface area contributed by atoms with Crippen molar-refractivity contribution >= 4 is 11.2 Å². The van der Waals surface area contributed by atoms with E-state index in [1.54, 1.807) is 11.6 Å². The van der Waals surface area contributed by atoms with Crippen LogP contribution < -0.4 is 11.2 Å². The van der Waals surface area contributed by atoms with Gasteiger partial charge in [-0.25, -0.2) is 9.78 Å². The van der Waals surface area contributed by atoms with Crippen molar-refractivity contribution in [3.8, 4) is 0 Å². The summed E-state index contributed by atoms with van der Waals surface area (Å²) in [5.74, 6) is 0. The van der Waals surface area contributed by atoms with E-state index in [4.69, 9.17) is 4.74 Å². The van der Waals surface area contributed by atoms with Crippen LogP contribution in [-0.4, -0.2) is 42.6 Å². The van der Waals surface area contributed by atoms with E-state index in [1.807, 2.05) is 13.8 Å². The molecular weight excluding hydrogens is 276 g/mol. The van der Waals surface area contributed by atoms with Crippen LogP contribution in [0.5, 0.6) is 0 Å². The molecule has 0 bridgehead atoms. The number of aliphatic hydroxyl groups is 1. The number of aromatic nitrogens is 4. The number of hydrogen-bond donors (Lipinski definition) is 1. The van der Waals surface area contributed by atoms with E-state index < -0.39 is 17.4 Å². The molecule has 0 aliphatic carbocycles. The standard InChI is InChI=1S/C13H20N4O4/c1-8(2)21-6-9(18)5-17-7-14-11-10(17)12(19)16(4)13(20)15(11)3/h7-9,18H,5-6H2,1-4H3. The average Bonchev–Trinajstić information content (AvgIpc) is 2.84. The third-order valence-electron chi connectivity index (χ3n) is 3.25. The Morgan fingerprint density at radius 1 is 1.29 bits per heavy atom. The largest absolute Gasteiger partial charge is 0.389 e. The lowest BCUT2D eigenvalue weighted by Crippen LogP contribution is -2.38. The van der Waals surface area contributed by atoms with Crippen LogP contribution >= 0.6 is 0 Å². The van der Waals surface area contributed by atoms with Gasteiger partial charge in [0.25, 0.3) is 5.56 Å². The lowest BCUT2D eigenvalue weighted by Gasteiger charge is -2.14. The highest BCUT2D eigenvalue weighted by atomic mass is 16.5. The zero-order valence-corrected chi connectivity index (χ0v) is 12.6. The number of aliphatic hydroxyl groups excluding tert-OH is 1. The van der Waals surface area contributed by atoms with E-state index in [9.17, 15) is 14.7 Å². The molecule has 1 N–H and O–H groups in total. The Hall–Kier alpha value is -1.93. The summed E-state index contributed by atoms with van der Waals surface area (Å²) in [6.07, 6.45) is 0.712. The van der Waals surface area contributed by atoms with Crippen molar-refractivity contribution in [2.24, 2.45) is 14.1 Å². The number of aryl methyl sites for hydroxylation is 1. The van der Waals surface area contributed by atoms with Crippen LogP contribution in [-0.2, 0) is 25.4 Å². The van der Waals surface area contributed by atoms with Crippen molar-refractivity contribution in [2.75, 3.05) is 6.61 Å². The third kappa shape index (κ3) is 2.91. The van der Waals surface area contributed by atoms with Crippen LogP contribution in [0.15, 0.2) is 15.9 Å². The Bertz CT molecular complexity index is 756. The van der Waals surface area contributed by atoms with Gasteiger partial charge in [-0.05, 0) is 13.8 Å². The first kappa shape index (κ1) is 15.5. The van der Waals surface area contributed by atoms with Crippen LogP contribution in [0.2, 0.25) is 0 Å². The Morgan fingerprint density at radius 2 is 1.95 bits per heavy atom. The van der Waals surface area contributed by atoms with E-state index in [1.165, 1.54) is 17.9 Å². The lowest BCUT2D eigenvalue weighted by atomic mass is 10.3. The predicted octanol–water partition coefficient (Wildman–Crippen LogP) is -0.780. The summed E-state index contributed by atoms with van der Waals surface area (Å²) in [4.78, 5) is 28.1. The molecule has 1 atom stereocenters. The van der Waals surface area contributed by atoms with Gasteiger partial charge in [-0.2, -0.15) is 0 Å². The van der Waals surface area contributed by atoms with Gasteiger partial charge in [-0.3, -0.25) is 13.9 Å².